The largest absolute Gasteiger partial charge is 0.396 e. The number of halogens is 2. The van der Waals surface area contributed by atoms with E-state index in [1.165, 1.54) is 12.1 Å². The number of unbranched alkanes of at least 4 members (excludes halogenated alkanes) is 1. The van der Waals surface area contributed by atoms with Crippen LogP contribution in [0.4, 0.5) is 4.39 Å². The summed E-state index contributed by atoms with van der Waals surface area (Å²) >= 11 is 5.99. The fourth-order valence-electron chi connectivity index (χ4n) is 3.44. The Balaban J connectivity index is 2.05. The van der Waals surface area contributed by atoms with Gasteiger partial charge in [-0.2, -0.15) is 0 Å². The number of aliphatic hydroxyl groups excluding tert-OH is 1. The number of carbonyl (C=O) groups is 1. The highest BCUT2D eigenvalue weighted by atomic mass is 35.5. The fourth-order valence-corrected chi connectivity index (χ4v) is 3.62. The summed E-state index contributed by atoms with van der Waals surface area (Å²) in [4.78, 5) is 17.2. The van der Waals surface area contributed by atoms with E-state index in [0.717, 1.165) is 41.3 Å². The van der Waals surface area contributed by atoms with E-state index in [1.54, 1.807) is 6.07 Å². The molecule has 2 N–H and O–H groups in total. The molecule has 0 spiro atoms. The summed E-state index contributed by atoms with van der Waals surface area (Å²) in [5.74, 6) is -0.590. The SMILES string of the molecule is CC(C)NC(=O)Cc1cc2cc(CCCCO)ccc2nc1-c1ccc(F)c(Cl)c1. The molecule has 0 fully saturated rings. The number of carbonyl (C=O) groups excluding carboxylic acids is 1. The summed E-state index contributed by atoms with van der Waals surface area (Å²) in [6, 6.07) is 12.5. The maximum Gasteiger partial charge on any atom is 0.224 e. The van der Waals surface area contributed by atoms with E-state index in [9.17, 15) is 9.18 Å². The molecular weight excluding hydrogens is 403 g/mol. The first-order valence-electron chi connectivity index (χ1n) is 10.2. The van der Waals surface area contributed by atoms with Gasteiger partial charge >= 0.3 is 0 Å². The molecule has 158 valence electrons. The van der Waals surface area contributed by atoms with Crippen LogP contribution in [0.2, 0.25) is 5.02 Å². The highest BCUT2D eigenvalue weighted by Crippen LogP contribution is 2.30. The molecule has 6 heteroatoms. The van der Waals surface area contributed by atoms with Crippen LogP contribution in [-0.2, 0) is 17.6 Å². The van der Waals surface area contributed by atoms with Gasteiger partial charge in [-0.3, -0.25) is 4.79 Å². The van der Waals surface area contributed by atoms with Crippen LogP contribution in [-0.4, -0.2) is 28.6 Å². The van der Waals surface area contributed by atoms with Crippen LogP contribution in [0.1, 0.15) is 37.8 Å². The van der Waals surface area contributed by atoms with Crippen molar-refractivity contribution >= 4 is 28.4 Å². The number of aryl methyl sites for hydroxylation is 1. The van der Waals surface area contributed by atoms with Gasteiger partial charge in [-0.1, -0.05) is 17.7 Å². The number of rotatable bonds is 8. The Bertz CT molecular complexity index is 1050. The smallest absolute Gasteiger partial charge is 0.224 e. The Hall–Kier alpha value is -2.50. The molecule has 3 aromatic rings. The van der Waals surface area contributed by atoms with Crippen molar-refractivity contribution in [2.75, 3.05) is 6.61 Å². The number of nitrogens with one attached hydrogen (secondary N) is 1. The monoisotopic (exact) mass is 428 g/mol. The Morgan fingerprint density at radius 1 is 1.17 bits per heavy atom. The van der Waals surface area contributed by atoms with E-state index in [1.807, 2.05) is 32.0 Å². The van der Waals surface area contributed by atoms with Gasteiger partial charge in [0.1, 0.15) is 5.82 Å². The van der Waals surface area contributed by atoms with Crippen LogP contribution in [0, 0.1) is 5.82 Å². The molecule has 2 aromatic carbocycles. The van der Waals surface area contributed by atoms with E-state index in [2.05, 4.69) is 11.4 Å². The second kappa shape index (κ2) is 10.0. The third-order valence-electron chi connectivity index (χ3n) is 4.83. The number of aromatic nitrogens is 1. The second-order valence-electron chi connectivity index (χ2n) is 7.73. The van der Waals surface area contributed by atoms with Gasteiger partial charge < -0.3 is 10.4 Å². The minimum Gasteiger partial charge on any atom is -0.396 e. The van der Waals surface area contributed by atoms with Crippen molar-refractivity contribution in [3.63, 3.8) is 0 Å². The zero-order valence-electron chi connectivity index (χ0n) is 17.2. The van der Waals surface area contributed by atoms with Crippen molar-refractivity contribution in [1.29, 1.82) is 0 Å². The number of hydrogen-bond donors (Lipinski definition) is 2. The predicted octanol–water partition coefficient (Wildman–Crippen LogP) is 5.08. The average molecular weight is 429 g/mol. The Labute approximate surface area is 181 Å². The molecule has 1 amide bonds. The van der Waals surface area contributed by atoms with Crippen molar-refractivity contribution in [2.45, 2.75) is 45.6 Å². The molecule has 0 aliphatic carbocycles. The molecule has 0 unspecified atom stereocenters. The standard InChI is InChI=1S/C24H26ClFN2O2/c1-15(2)27-23(30)14-19-12-18-11-16(5-3-4-10-29)6-9-22(18)28-24(19)17-7-8-21(26)20(25)13-17/h6-9,11-13,15,29H,3-5,10,14H2,1-2H3,(H,27,30). The van der Waals surface area contributed by atoms with Gasteiger partial charge in [0.2, 0.25) is 5.91 Å². The molecule has 0 aliphatic rings. The second-order valence-corrected chi connectivity index (χ2v) is 8.14. The summed E-state index contributed by atoms with van der Waals surface area (Å²) in [7, 11) is 0. The molecule has 1 aromatic heterocycles. The lowest BCUT2D eigenvalue weighted by Gasteiger charge is -2.14. The lowest BCUT2D eigenvalue weighted by atomic mass is 9.98. The third-order valence-corrected chi connectivity index (χ3v) is 5.12. The first kappa shape index (κ1) is 22.2. The number of amides is 1. The Morgan fingerprint density at radius 2 is 1.97 bits per heavy atom. The Kier molecular flexibility index (Phi) is 7.40. The lowest BCUT2D eigenvalue weighted by Crippen LogP contribution is -2.31. The first-order chi connectivity index (χ1) is 14.4. The lowest BCUT2D eigenvalue weighted by molar-refractivity contribution is -0.120. The van der Waals surface area contributed by atoms with Gasteiger partial charge in [-0.25, -0.2) is 9.37 Å². The molecule has 0 saturated carbocycles. The third kappa shape index (κ3) is 5.55. The van der Waals surface area contributed by atoms with Crippen LogP contribution in [0.15, 0.2) is 42.5 Å². The molecule has 0 saturated heterocycles. The van der Waals surface area contributed by atoms with Gasteiger partial charge in [0.05, 0.1) is 22.7 Å². The molecule has 4 nitrogen and oxygen atoms in total. The summed E-state index contributed by atoms with van der Waals surface area (Å²) in [5.41, 5.74) is 4.01. The number of aliphatic hydroxyl groups is 1. The zero-order chi connectivity index (χ0) is 21.7. The molecule has 30 heavy (non-hydrogen) atoms. The maximum atomic E-state index is 13.7. The van der Waals surface area contributed by atoms with E-state index >= 15 is 0 Å². The van der Waals surface area contributed by atoms with Crippen LogP contribution < -0.4 is 5.32 Å². The van der Waals surface area contributed by atoms with E-state index in [4.69, 9.17) is 21.7 Å². The molecule has 0 atom stereocenters. The normalized spacial score (nSPS) is 11.3. The summed E-state index contributed by atoms with van der Waals surface area (Å²) in [6.07, 6.45) is 2.71. The van der Waals surface area contributed by atoms with Crippen LogP contribution in [0.25, 0.3) is 22.2 Å². The minimum absolute atomic E-state index is 0.0196. The molecule has 0 radical (unpaired) electrons. The quantitative estimate of drug-likeness (QED) is 0.492. The van der Waals surface area contributed by atoms with Crippen molar-refractivity contribution < 1.29 is 14.3 Å². The minimum atomic E-state index is -0.493. The van der Waals surface area contributed by atoms with Crippen molar-refractivity contribution in [2.24, 2.45) is 0 Å². The van der Waals surface area contributed by atoms with E-state index in [0.29, 0.717) is 11.3 Å². The van der Waals surface area contributed by atoms with Crippen LogP contribution in [0.5, 0.6) is 0 Å². The van der Waals surface area contributed by atoms with E-state index < -0.39 is 5.82 Å². The number of hydrogen-bond acceptors (Lipinski definition) is 3. The maximum absolute atomic E-state index is 13.7. The van der Waals surface area contributed by atoms with Crippen molar-refractivity contribution in [3.05, 3.63) is 64.4 Å². The van der Waals surface area contributed by atoms with Gasteiger partial charge in [-0.15, -0.1) is 0 Å². The average Bonchev–Trinajstić information content (AvgIpc) is 2.69. The van der Waals surface area contributed by atoms with Gasteiger partial charge in [0, 0.05) is 23.6 Å². The molecule has 0 bridgehead atoms. The molecule has 1 heterocycles. The van der Waals surface area contributed by atoms with E-state index in [-0.39, 0.29) is 30.0 Å². The Morgan fingerprint density at radius 3 is 2.67 bits per heavy atom. The first-order valence-corrected chi connectivity index (χ1v) is 10.5. The molecule has 3 rings (SSSR count). The summed E-state index contributed by atoms with van der Waals surface area (Å²) < 4.78 is 13.7. The van der Waals surface area contributed by atoms with Gasteiger partial charge in [0.25, 0.3) is 0 Å². The van der Waals surface area contributed by atoms with Gasteiger partial charge in [0.15, 0.2) is 0 Å². The summed E-state index contributed by atoms with van der Waals surface area (Å²) in [5, 5.41) is 12.9. The topological polar surface area (TPSA) is 62.2 Å². The fraction of sp³-hybridized carbons (Fsp3) is 0.333. The molecule has 0 aliphatic heterocycles. The van der Waals surface area contributed by atoms with Gasteiger partial charge in [-0.05, 0) is 80.6 Å². The highest BCUT2D eigenvalue weighted by Gasteiger charge is 2.15. The van der Waals surface area contributed by atoms with Crippen LogP contribution >= 0.6 is 11.6 Å². The predicted molar refractivity (Wildman–Crippen MR) is 119 cm³/mol. The highest BCUT2D eigenvalue weighted by molar-refractivity contribution is 6.31. The molecular formula is C24H26ClFN2O2. The number of pyridine rings is 1. The summed E-state index contributed by atoms with van der Waals surface area (Å²) in [6.45, 7) is 4.01. The zero-order valence-corrected chi connectivity index (χ0v) is 18.0. The number of fused-ring (bicyclic) bond motifs is 1. The van der Waals surface area contributed by atoms with Crippen LogP contribution in [0.3, 0.4) is 0 Å². The number of nitrogens with zero attached hydrogens (tertiary/aromatic N) is 1. The van der Waals surface area contributed by atoms with Crippen molar-refractivity contribution in [1.82, 2.24) is 10.3 Å². The van der Waals surface area contributed by atoms with Crippen molar-refractivity contribution in [3.8, 4) is 11.3 Å². The number of benzene rings is 2.